The summed E-state index contributed by atoms with van der Waals surface area (Å²) in [7, 11) is 0. The zero-order chi connectivity index (χ0) is 13.0. The number of carbonyl (C=O) groups is 1. The Hall–Kier alpha value is -2.43. The van der Waals surface area contributed by atoms with Gasteiger partial charge in [0.25, 0.3) is 0 Å². The Morgan fingerprint density at radius 2 is 2.17 bits per heavy atom. The number of carboxylic acid groups (broad SMARTS) is 1. The SMILES string of the molecule is Cc1cc(NCc2ccc(C(=O)O)nc2)ccn1. The molecule has 0 unspecified atom stereocenters. The van der Waals surface area contributed by atoms with Crippen LogP contribution in [0, 0.1) is 6.92 Å². The summed E-state index contributed by atoms with van der Waals surface area (Å²) in [6, 6.07) is 7.07. The molecule has 0 atom stereocenters. The maximum Gasteiger partial charge on any atom is 0.354 e. The molecule has 0 aliphatic heterocycles. The molecule has 0 aliphatic rings. The van der Waals surface area contributed by atoms with Gasteiger partial charge in [0.2, 0.25) is 0 Å². The van der Waals surface area contributed by atoms with Gasteiger partial charge in [0.15, 0.2) is 0 Å². The summed E-state index contributed by atoms with van der Waals surface area (Å²) in [6.07, 6.45) is 3.30. The van der Waals surface area contributed by atoms with Crippen LogP contribution in [-0.2, 0) is 6.54 Å². The lowest BCUT2D eigenvalue weighted by Gasteiger charge is -2.06. The van der Waals surface area contributed by atoms with Crippen molar-refractivity contribution in [3.05, 3.63) is 53.6 Å². The lowest BCUT2D eigenvalue weighted by molar-refractivity contribution is 0.0690. The second-order valence-electron chi connectivity index (χ2n) is 3.90. The van der Waals surface area contributed by atoms with Crippen molar-refractivity contribution in [1.82, 2.24) is 9.97 Å². The van der Waals surface area contributed by atoms with Crippen molar-refractivity contribution >= 4 is 11.7 Å². The van der Waals surface area contributed by atoms with Crippen molar-refractivity contribution in [3.63, 3.8) is 0 Å². The molecule has 0 aromatic carbocycles. The van der Waals surface area contributed by atoms with Gasteiger partial charge in [-0.1, -0.05) is 6.07 Å². The quantitative estimate of drug-likeness (QED) is 0.860. The summed E-state index contributed by atoms with van der Waals surface area (Å²) in [5, 5.41) is 12.0. The maximum atomic E-state index is 10.6. The summed E-state index contributed by atoms with van der Waals surface area (Å²) in [6.45, 7) is 2.52. The minimum Gasteiger partial charge on any atom is -0.477 e. The average molecular weight is 243 g/mol. The number of hydrogen-bond acceptors (Lipinski definition) is 4. The van der Waals surface area contributed by atoms with Crippen molar-refractivity contribution in [2.24, 2.45) is 0 Å². The van der Waals surface area contributed by atoms with Gasteiger partial charge in [-0.05, 0) is 30.7 Å². The number of aromatic carboxylic acids is 1. The fourth-order valence-electron chi connectivity index (χ4n) is 1.52. The number of anilines is 1. The van der Waals surface area contributed by atoms with E-state index in [4.69, 9.17) is 5.11 Å². The lowest BCUT2D eigenvalue weighted by atomic mass is 10.2. The van der Waals surface area contributed by atoms with E-state index < -0.39 is 5.97 Å². The molecule has 2 aromatic heterocycles. The van der Waals surface area contributed by atoms with Gasteiger partial charge < -0.3 is 10.4 Å². The summed E-state index contributed by atoms with van der Waals surface area (Å²) in [4.78, 5) is 18.6. The fraction of sp³-hybridized carbons (Fsp3) is 0.154. The van der Waals surface area contributed by atoms with E-state index in [1.54, 1.807) is 18.5 Å². The van der Waals surface area contributed by atoms with Crippen LogP contribution in [0.5, 0.6) is 0 Å². The highest BCUT2D eigenvalue weighted by Crippen LogP contribution is 2.09. The number of pyridine rings is 2. The second kappa shape index (κ2) is 5.27. The Labute approximate surface area is 105 Å². The van der Waals surface area contributed by atoms with E-state index in [9.17, 15) is 4.79 Å². The number of nitrogens with zero attached hydrogens (tertiary/aromatic N) is 2. The number of aryl methyl sites for hydroxylation is 1. The van der Waals surface area contributed by atoms with Gasteiger partial charge in [-0.25, -0.2) is 9.78 Å². The van der Waals surface area contributed by atoms with Crippen LogP contribution in [0.3, 0.4) is 0 Å². The van der Waals surface area contributed by atoms with Crippen LogP contribution in [0.2, 0.25) is 0 Å². The highest BCUT2D eigenvalue weighted by atomic mass is 16.4. The van der Waals surface area contributed by atoms with Crippen LogP contribution >= 0.6 is 0 Å². The second-order valence-corrected chi connectivity index (χ2v) is 3.90. The topological polar surface area (TPSA) is 75.1 Å². The van der Waals surface area contributed by atoms with E-state index in [-0.39, 0.29) is 5.69 Å². The molecule has 2 heterocycles. The van der Waals surface area contributed by atoms with E-state index in [2.05, 4.69) is 15.3 Å². The number of hydrogen-bond donors (Lipinski definition) is 2. The van der Waals surface area contributed by atoms with Gasteiger partial charge in [-0.3, -0.25) is 4.98 Å². The maximum absolute atomic E-state index is 10.6. The first-order valence-electron chi connectivity index (χ1n) is 5.50. The monoisotopic (exact) mass is 243 g/mol. The van der Waals surface area contributed by atoms with Gasteiger partial charge in [0, 0.05) is 30.3 Å². The van der Waals surface area contributed by atoms with Crippen LogP contribution in [0.4, 0.5) is 5.69 Å². The van der Waals surface area contributed by atoms with Crippen LogP contribution in [0.25, 0.3) is 0 Å². The van der Waals surface area contributed by atoms with Gasteiger partial charge in [-0.2, -0.15) is 0 Å². The van der Waals surface area contributed by atoms with Crippen molar-refractivity contribution in [1.29, 1.82) is 0 Å². The van der Waals surface area contributed by atoms with Gasteiger partial charge in [0.05, 0.1) is 0 Å². The Balaban J connectivity index is 2.00. The first-order valence-corrected chi connectivity index (χ1v) is 5.50. The third kappa shape index (κ3) is 3.04. The van der Waals surface area contributed by atoms with E-state index >= 15 is 0 Å². The van der Waals surface area contributed by atoms with E-state index in [1.165, 1.54) is 6.07 Å². The Morgan fingerprint density at radius 3 is 2.78 bits per heavy atom. The number of rotatable bonds is 4. The molecule has 0 saturated heterocycles. The Bertz CT molecular complexity index is 552. The predicted octanol–water partition coefficient (Wildman–Crippen LogP) is 2.10. The molecule has 0 spiro atoms. The molecule has 0 aliphatic carbocycles. The largest absolute Gasteiger partial charge is 0.477 e. The zero-order valence-corrected chi connectivity index (χ0v) is 9.92. The Morgan fingerprint density at radius 1 is 1.33 bits per heavy atom. The minimum atomic E-state index is -1.01. The fourth-order valence-corrected chi connectivity index (χ4v) is 1.52. The summed E-state index contributed by atoms with van der Waals surface area (Å²) < 4.78 is 0. The van der Waals surface area contributed by atoms with Crippen LogP contribution < -0.4 is 5.32 Å². The molecule has 0 amide bonds. The first-order chi connectivity index (χ1) is 8.65. The summed E-state index contributed by atoms with van der Waals surface area (Å²) in [5.74, 6) is -1.01. The lowest BCUT2D eigenvalue weighted by Crippen LogP contribution is -2.03. The number of carboxylic acids is 1. The van der Waals surface area contributed by atoms with Crippen molar-refractivity contribution in [2.75, 3.05) is 5.32 Å². The normalized spacial score (nSPS) is 10.1. The summed E-state index contributed by atoms with van der Waals surface area (Å²) in [5.41, 5.74) is 2.90. The molecule has 2 aromatic rings. The van der Waals surface area contributed by atoms with E-state index in [1.807, 2.05) is 19.1 Å². The van der Waals surface area contributed by atoms with E-state index in [0.717, 1.165) is 16.9 Å². The molecule has 5 heteroatoms. The molecule has 0 fully saturated rings. The molecular formula is C13H13N3O2. The van der Waals surface area contributed by atoms with Crippen LogP contribution in [0.15, 0.2) is 36.7 Å². The molecule has 0 radical (unpaired) electrons. The molecule has 0 bridgehead atoms. The summed E-state index contributed by atoms with van der Waals surface area (Å²) >= 11 is 0. The molecule has 5 nitrogen and oxygen atoms in total. The molecule has 2 N–H and O–H groups in total. The van der Waals surface area contributed by atoms with Crippen molar-refractivity contribution in [3.8, 4) is 0 Å². The molecule has 0 saturated carbocycles. The minimum absolute atomic E-state index is 0.0542. The molecule has 18 heavy (non-hydrogen) atoms. The van der Waals surface area contributed by atoms with Crippen LogP contribution in [-0.4, -0.2) is 21.0 Å². The van der Waals surface area contributed by atoms with Gasteiger partial charge in [0.1, 0.15) is 5.69 Å². The first kappa shape index (κ1) is 12.0. The molecular weight excluding hydrogens is 230 g/mol. The third-order valence-electron chi connectivity index (χ3n) is 2.44. The van der Waals surface area contributed by atoms with Gasteiger partial charge in [-0.15, -0.1) is 0 Å². The van der Waals surface area contributed by atoms with Gasteiger partial charge >= 0.3 is 5.97 Å². The number of aromatic nitrogens is 2. The average Bonchev–Trinajstić information content (AvgIpc) is 2.37. The highest BCUT2D eigenvalue weighted by Gasteiger charge is 2.03. The predicted molar refractivity (Wildman–Crippen MR) is 67.5 cm³/mol. The zero-order valence-electron chi connectivity index (χ0n) is 9.92. The standard InChI is InChI=1S/C13H13N3O2/c1-9-6-11(4-5-14-9)15-7-10-2-3-12(13(17)18)16-8-10/h2-6,8H,7H2,1H3,(H,14,15)(H,17,18). The third-order valence-corrected chi connectivity index (χ3v) is 2.44. The molecule has 92 valence electrons. The van der Waals surface area contributed by atoms with Crippen LogP contribution in [0.1, 0.15) is 21.7 Å². The van der Waals surface area contributed by atoms with Crippen molar-refractivity contribution < 1.29 is 9.90 Å². The molecule has 2 rings (SSSR count). The smallest absolute Gasteiger partial charge is 0.354 e. The van der Waals surface area contributed by atoms with E-state index in [0.29, 0.717) is 6.54 Å². The Kier molecular flexibility index (Phi) is 3.52. The highest BCUT2D eigenvalue weighted by molar-refractivity contribution is 5.85. The number of nitrogens with one attached hydrogen (secondary N) is 1. The van der Waals surface area contributed by atoms with Crippen molar-refractivity contribution in [2.45, 2.75) is 13.5 Å².